The van der Waals surface area contributed by atoms with Crippen LogP contribution in [0.15, 0.2) is 196 Å². The van der Waals surface area contributed by atoms with Crippen LogP contribution in [0.1, 0.15) is 52.9 Å². The van der Waals surface area contributed by atoms with Crippen molar-refractivity contribution >= 4 is 68.9 Å². The molecule has 3 amide bonds. The van der Waals surface area contributed by atoms with E-state index in [0.29, 0.717) is 12.1 Å². The van der Waals surface area contributed by atoms with Crippen molar-refractivity contribution in [1.29, 1.82) is 0 Å². The lowest BCUT2D eigenvalue weighted by Gasteiger charge is -2.15. The van der Waals surface area contributed by atoms with E-state index >= 15 is 0 Å². The predicted molar refractivity (Wildman–Crippen MR) is 251 cm³/mol. The number of imide groups is 1. The van der Waals surface area contributed by atoms with E-state index < -0.39 is 0 Å². The minimum atomic E-state index is -0.373. The van der Waals surface area contributed by atoms with E-state index in [1.807, 2.05) is 60.9 Å². The van der Waals surface area contributed by atoms with Crippen molar-refractivity contribution in [3.05, 3.63) is 220 Å². The summed E-state index contributed by atoms with van der Waals surface area (Å²) < 4.78 is 0. The Kier molecular flexibility index (Phi) is 10.4. The maximum Gasteiger partial charge on any atom is 0.242 e. The van der Waals surface area contributed by atoms with E-state index in [-0.39, 0.29) is 42.4 Å². The molecule has 4 aliphatic heterocycles. The van der Waals surface area contributed by atoms with Crippen LogP contribution in [0.25, 0.3) is 22.3 Å². The van der Waals surface area contributed by atoms with Crippen molar-refractivity contribution < 1.29 is 14.4 Å². The van der Waals surface area contributed by atoms with Gasteiger partial charge in [0.15, 0.2) is 0 Å². The molecule has 5 heterocycles. The molecule has 4 aromatic carbocycles. The zero-order valence-electron chi connectivity index (χ0n) is 34.0. The summed E-state index contributed by atoms with van der Waals surface area (Å²) in [5.41, 5.74) is 16.4. The zero-order valence-corrected chi connectivity index (χ0v) is 34.8. The summed E-state index contributed by atoms with van der Waals surface area (Å²) in [5, 5.41) is 2.59. The fourth-order valence-electron chi connectivity index (χ4n) is 8.76. The van der Waals surface area contributed by atoms with Crippen LogP contribution in [-0.2, 0) is 14.4 Å². The number of carbonyl (C=O) groups is 3. The lowest BCUT2D eigenvalue weighted by atomic mass is 9.91. The van der Waals surface area contributed by atoms with Gasteiger partial charge in [0.05, 0.1) is 28.1 Å². The smallest absolute Gasteiger partial charge is 0.242 e. The summed E-state index contributed by atoms with van der Waals surface area (Å²) in [5.74, 6) is -0.719. The lowest BCUT2D eigenvalue weighted by molar-refractivity contribution is -0.138. The number of benzene rings is 4. The Morgan fingerprint density at radius 3 is 1.60 bits per heavy atom. The molecule has 5 aromatic rings. The Balaban J connectivity index is 1.09. The molecular formula is C53H41N5O3S. The molecule has 0 spiro atoms. The van der Waals surface area contributed by atoms with Crippen molar-refractivity contribution in [3.8, 4) is 0 Å². The number of nitrogens with one attached hydrogen (secondary N) is 2. The quantitative estimate of drug-likeness (QED) is 0.144. The number of carbonyl (C=O) groups excluding carboxylic acids is 3. The number of anilines is 1. The molecule has 302 valence electrons. The van der Waals surface area contributed by atoms with E-state index in [0.717, 1.165) is 89.9 Å². The maximum atomic E-state index is 13.1. The highest BCUT2D eigenvalue weighted by atomic mass is 32.2. The van der Waals surface area contributed by atoms with E-state index in [4.69, 9.17) is 9.98 Å². The summed E-state index contributed by atoms with van der Waals surface area (Å²) in [6, 6.07) is 43.3. The molecule has 1 aliphatic carbocycles. The second kappa shape index (κ2) is 16.6. The number of fused-ring (bicyclic) bond motifs is 6. The number of aromatic amines is 1. The largest absolute Gasteiger partial charge is 0.354 e. The van der Waals surface area contributed by atoms with Gasteiger partial charge in [-0.15, -0.1) is 0 Å². The van der Waals surface area contributed by atoms with Gasteiger partial charge < -0.3 is 10.3 Å². The number of aromatic nitrogens is 1. The summed E-state index contributed by atoms with van der Waals surface area (Å²) in [6.45, 7) is 0.0623. The van der Waals surface area contributed by atoms with Crippen molar-refractivity contribution in [1.82, 2.24) is 9.88 Å². The maximum absolute atomic E-state index is 13.1. The van der Waals surface area contributed by atoms with E-state index in [2.05, 4.69) is 120 Å². The topological polar surface area (TPSA) is 107 Å². The number of H-pyrrole nitrogens is 1. The Labute approximate surface area is 364 Å². The molecule has 0 radical (unpaired) electrons. The Hall–Kier alpha value is -7.36. The number of hydrogen-bond acceptors (Lipinski definition) is 6. The molecule has 1 atom stereocenters. The van der Waals surface area contributed by atoms with Crippen LogP contribution in [0.5, 0.6) is 0 Å². The van der Waals surface area contributed by atoms with Crippen molar-refractivity contribution in [3.63, 3.8) is 0 Å². The van der Waals surface area contributed by atoms with Gasteiger partial charge in [0, 0.05) is 58.8 Å². The Morgan fingerprint density at radius 1 is 0.629 bits per heavy atom. The normalized spacial score (nSPS) is 18.1. The highest BCUT2D eigenvalue weighted by molar-refractivity contribution is 8.00. The fourth-order valence-corrected chi connectivity index (χ4v) is 9.40. The van der Waals surface area contributed by atoms with Gasteiger partial charge in [-0.1, -0.05) is 115 Å². The molecule has 1 unspecified atom stereocenters. The van der Waals surface area contributed by atoms with Gasteiger partial charge in [-0.3, -0.25) is 19.3 Å². The second-order valence-corrected chi connectivity index (χ2v) is 16.6. The van der Waals surface area contributed by atoms with Crippen molar-refractivity contribution in [2.45, 2.75) is 24.5 Å². The number of aliphatic imine (C=N–C) groups is 2. The van der Waals surface area contributed by atoms with Gasteiger partial charge >= 0.3 is 0 Å². The van der Waals surface area contributed by atoms with Crippen LogP contribution in [0.2, 0.25) is 0 Å². The molecule has 9 heteroatoms. The zero-order chi connectivity index (χ0) is 42.2. The van der Waals surface area contributed by atoms with Crippen LogP contribution < -0.4 is 5.32 Å². The molecule has 1 fully saturated rings. The molecule has 1 aromatic heterocycles. The second-order valence-electron chi connectivity index (χ2n) is 15.6. The fraction of sp³-hybridized carbons (Fsp3) is 0.113. The lowest BCUT2D eigenvalue weighted by Crippen LogP contribution is -2.34. The molecule has 8 bridgehead atoms. The minimum absolute atomic E-state index is 0.0212. The third-order valence-corrected chi connectivity index (χ3v) is 12.7. The van der Waals surface area contributed by atoms with Crippen LogP contribution in [0, 0.1) is 0 Å². The van der Waals surface area contributed by atoms with Gasteiger partial charge in [0.2, 0.25) is 17.7 Å². The first-order chi connectivity index (χ1) is 30.4. The first-order valence-electron chi connectivity index (χ1n) is 20.7. The van der Waals surface area contributed by atoms with Crippen LogP contribution in [0.3, 0.4) is 0 Å². The average Bonchev–Trinajstić information content (AvgIpc) is 4.17. The molecule has 5 aliphatic rings. The molecule has 1 saturated heterocycles. The first-order valence-corrected chi connectivity index (χ1v) is 22.0. The minimum Gasteiger partial charge on any atom is -0.354 e. The molecular weight excluding hydrogens is 787 g/mol. The summed E-state index contributed by atoms with van der Waals surface area (Å²) in [4.78, 5) is 53.9. The number of amides is 3. The van der Waals surface area contributed by atoms with E-state index in [1.165, 1.54) is 16.7 Å². The summed E-state index contributed by atoms with van der Waals surface area (Å²) >= 11 is 1.36. The third-order valence-electron chi connectivity index (χ3n) is 11.7. The summed E-state index contributed by atoms with van der Waals surface area (Å²) in [6.07, 6.45) is 15.5. The highest BCUT2D eigenvalue weighted by Crippen LogP contribution is 2.41. The average molecular weight is 828 g/mol. The van der Waals surface area contributed by atoms with Crippen molar-refractivity contribution in [2.75, 3.05) is 18.1 Å². The SMILES string of the molecule is CSC1CC(=O)N(CCC(=O)Nc2ccc(C3=C4C=CC(=C(c5ccccc5)C5=NC(=C(c6ccccc6)c6ccc([nH]6)C(c6ccccc6)=C6C=CC3=N6)C=C5)C4)cc2)C1=O. The van der Waals surface area contributed by atoms with Crippen molar-refractivity contribution in [2.24, 2.45) is 9.98 Å². The Morgan fingerprint density at radius 2 is 1.11 bits per heavy atom. The first kappa shape index (κ1) is 38.8. The molecule has 8 nitrogen and oxygen atoms in total. The predicted octanol–water partition coefficient (Wildman–Crippen LogP) is 10.3. The number of likely N-dealkylation sites (tertiary alicyclic amines) is 1. The molecule has 0 saturated carbocycles. The molecule has 2 N–H and O–H groups in total. The van der Waals surface area contributed by atoms with Crippen LogP contribution >= 0.6 is 11.8 Å². The van der Waals surface area contributed by atoms with Gasteiger partial charge in [0.25, 0.3) is 0 Å². The monoisotopic (exact) mass is 827 g/mol. The highest BCUT2D eigenvalue weighted by Gasteiger charge is 2.38. The number of rotatable bonds is 9. The van der Waals surface area contributed by atoms with E-state index in [1.54, 1.807) is 0 Å². The van der Waals surface area contributed by atoms with Crippen LogP contribution in [0.4, 0.5) is 5.69 Å². The standard InChI is InChI=1S/C53H41N5O3S/c1-62-46-32-48(60)58(53(46)61)30-29-47(59)54-39-21-19-36(20-22-39)50-38-18-17-37(31-38)49(33-11-5-2-6-12-33)40-23-25-42(55-40)51(34-13-7-3-8-14-34)44-27-28-45(57-44)52(35-15-9-4-10-16-35)43-26-24-41(50)56-43/h2-28,46,57H,29-32H2,1H3,(H,54,59). The number of thioether (sulfide) groups is 1. The molecule has 62 heavy (non-hydrogen) atoms. The molecule has 10 rings (SSSR count). The van der Waals surface area contributed by atoms with Gasteiger partial charge in [0.1, 0.15) is 0 Å². The van der Waals surface area contributed by atoms with Gasteiger partial charge in [-0.2, -0.15) is 11.8 Å². The summed E-state index contributed by atoms with van der Waals surface area (Å²) in [7, 11) is 0. The van der Waals surface area contributed by atoms with E-state index in [9.17, 15) is 14.4 Å². The Bertz CT molecular complexity index is 2940. The number of hydrogen-bond donors (Lipinski definition) is 2. The van der Waals surface area contributed by atoms with Crippen LogP contribution in [-0.4, -0.2) is 57.1 Å². The van der Waals surface area contributed by atoms with Gasteiger partial charge in [-0.25, -0.2) is 9.98 Å². The third kappa shape index (κ3) is 7.41. The number of allylic oxidation sites excluding steroid dienone is 10. The van der Waals surface area contributed by atoms with Gasteiger partial charge in [-0.05, 0) is 94.6 Å². The number of nitrogens with zero attached hydrogens (tertiary/aromatic N) is 3.